The number of nitrogens with two attached hydrogens (primary N) is 1. The number of rotatable bonds is 5. The Morgan fingerprint density at radius 3 is 2.75 bits per heavy atom. The summed E-state index contributed by atoms with van der Waals surface area (Å²) in [5, 5.41) is 19.3. The first-order valence-electron chi connectivity index (χ1n) is 4.29. The largest absolute Gasteiger partial charge is 0.415 e. The summed E-state index contributed by atoms with van der Waals surface area (Å²) in [6.45, 7) is 0.595. The van der Waals surface area contributed by atoms with Crippen molar-refractivity contribution in [1.29, 1.82) is 0 Å². The second-order valence-corrected chi connectivity index (χ2v) is 3.83. The average molecular weight is 257 g/mol. The lowest BCUT2D eigenvalue weighted by Crippen LogP contribution is -2.30. The SMILES string of the molecule is NCCn1nnnc1SCC(O)C(F)(F)F. The monoisotopic (exact) mass is 257 g/mol. The standard InChI is InChI=1S/C6H10F3N5OS/c7-6(8,9)4(15)3-16-5-11-12-13-14(5)2-1-10/h4,15H,1-3,10H2. The molecule has 0 saturated carbocycles. The van der Waals surface area contributed by atoms with Crippen LogP contribution in [0.3, 0.4) is 0 Å². The molecule has 0 fully saturated rings. The molecule has 0 saturated heterocycles. The highest BCUT2D eigenvalue weighted by molar-refractivity contribution is 7.99. The average Bonchev–Trinajstić information content (AvgIpc) is 2.61. The molecule has 1 aromatic heterocycles. The normalized spacial score (nSPS) is 14.1. The first-order chi connectivity index (χ1) is 7.45. The van der Waals surface area contributed by atoms with E-state index in [0.717, 1.165) is 11.8 Å². The van der Waals surface area contributed by atoms with Crippen LogP contribution in [0.25, 0.3) is 0 Å². The van der Waals surface area contributed by atoms with E-state index >= 15 is 0 Å². The van der Waals surface area contributed by atoms with Gasteiger partial charge in [-0.3, -0.25) is 0 Å². The highest BCUT2D eigenvalue weighted by Gasteiger charge is 2.38. The summed E-state index contributed by atoms with van der Waals surface area (Å²) in [5.41, 5.74) is 5.26. The fourth-order valence-corrected chi connectivity index (χ4v) is 1.68. The summed E-state index contributed by atoms with van der Waals surface area (Å²) < 4.78 is 37.2. The van der Waals surface area contributed by atoms with Crippen LogP contribution in [0.4, 0.5) is 13.2 Å². The van der Waals surface area contributed by atoms with Gasteiger partial charge in [0, 0.05) is 12.3 Å². The molecule has 0 aliphatic rings. The maximum absolute atomic E-state index is 12.0. The highest BCUT2D eigenvalue weighted by atomic mass is 32.2. The van der Waals surface area contributed by atoms with E-state index in [-0.39, 0.29) is 11.7 Å². The number of thioether (sulfide) groups is 1. The topological polar surface area (TPSA) is 89.9 Å². The second kappa shape index (κ2) is 5.46. The molecule has 16 heavy (non-hydrogen) atoms. The molecular weight excluding hydrogens is 247 g/mol. The van der Waals surface area contributed by atoms with E-state index in [9.17, 15) is 13.2 Å². The van der Waals surface area contributed by atoms with Crippen LogP contribution in [0.2, 0.25) is 0 Å². The third-order valence-corrected chi connectivity index (χ3v) is 2.62. The van der Waals surface area contributed by atoms with E-state index in [1.54, 1.807) is 0 Å². The summed E-state index contributed by atoms with van der Waals surface area (Å²) in [4.78, 5) is 0. The van der Waals surface area contributed by atoms with Crippen LogP contribution in [0, 0.1) is 0 Å². The number of aliphatic hydroxyl groups excluding tert-OH is 1. The van der Waals surface area contributed by atoms with Crippen LogP contribution in [0.15, 0.2) is 5.16 Å². The number of tetrazole rings is 1. The Kier molecular flexibility index (Phi) is 4.50. The zero-order valence-electron chi connectivity index (χ0n) is 8.05. The molecule has 0 aliphatic carbocycles. The van der Waals surface area contributed by atoms with Gasteiger partial charge < -0.3 is 10.8 Å². The van der Waals surface area contributed by atoms with Gasteiger partial charge in [-0.1, -0.05) is 11.8 Å². The molecule has 0 aromatic carbocycles. The highest BCUT2D eigenvalue weighted by Crippen LogP contribution is 2.25. The molecule has 1 heterocycles. The number of nitrogens with zero attached hydrogens (tertiary/aromatic N) is 4. The van der Waals surface area contributed by atoms with Crippen LogP contribution >= 0.6 is 11.8 Å². The minimum Gasteiger partial charge on any atom is -0.383 e. The van der Waals surface area contributed by atoms with Crippen molar-refractivity contribution in [1.82, 2.24) is 20.2 Å². The van der Waals surface area contributed by atoms with Crippen LogP contribution in [-0.4, -0.2) is 49.9 Å². The number of hydrogen-bond acceptors (Lipinski definition) is 6. The zero-order chi connectivity index (χ0) is 12.2. The van der Waals surface area contributed by atoms with E-state index in [2.05, 4.69) is 15.5 Å². The minimum atomic E-state index is -4.63. The van der Waals surface area contributed by atoms with Gasteiger partial charge in [-0.15, -0.1) is 5.10 Å². The molecule has 0 aliphatic heterocycles. The molecule has 1 rings (SSSR count). The van der Waals surface area contributed by atoms with E-state index in [0.29, 0.717) is 6.54 Å². The Morgan fingerprint density at radius 1 is 1.50 bits per heavy atom. The molecule has 0 amide bonds. The Morgan fingerprint density at radius 2 is 2.19 bits per heavy atom. The zero-order valence-corrected chi connectivity index (χ0v) is 8.87. The minimum absolute atomic E-state index is 0.203. The molecule has 1 atom stereocenters. The number of aromatic nitrogens is 4. The van der Waals surface area contributed by atoms with E-state index < -0.39 is 18.0 Å². The molecule has 1 unspecified atom stereocenters. The Balaban J connectivity index is 2.51. The van der Waals surface area contributed by atoms with Gasteiger partial charge in [0.05, 0.1) is 6.54 Å². The molecule has 1 aromatic rings. The number of hydrogen-bond donors (Lipinski definition) is 2. The Hall–Kier alpha value is -0.870. The van der Waals surface area contributed by atoms with Gasteiger partial charge in [0.25, 0.3) is 0 Å². The first-order valence-corrected chi connectivity index (χ1v) is 5.27. The summed E-state index contributed by atoms with van der Waals surface area (Å²) >= 11 is 0.730. The van der Waals surface area contributed by atoms with Crippen molar-refractivity contribution in [2.45, 2.75) is 24.0 Å². The maximum atomic E-state index is 12.0. The number of halogens is 3. The Labute approximate surface area is 93.0 Å². The van der Waals surface area contributed by atoms with Gasteiger partial charge in [0.15, 0.2) is 6.10 Å². The molecule has 3 N–H and O–H groups in total. The van der Waals surface area contributed by atoms with Crippen molar-refractivity contribution < 1.29 is 18.3 Å². The molecular formula is C6H10F3N5OS. The summed E-state index contributed by atoms with van der Waals surface area (Å²) in [6.07, 6.45) is -7.01. The van der Waals surface area contributed by atoms with Crippen molar-refractivity contribution in [2.24, 2.45) is 5.73 Å². The summed E-state index contributed by atoms with van der Waals surface area (Å²) in [7, 11) is 0. The van der Waals surface area contributed by atoms with Gasteiger partial charge in [-0.05, 0) is 10.4 Å². The number of alkyl halides is 3. The molecule has 0 radical (unpaired) electrons. The smallest absolute Gasteiger partial charge is 0.383 e. The predicted octanol–water partition coefficient (Wildman–Crippen LogP) is -0.353. The van der Waals surface area contributed by atoms with Crippen molar-refractivity contribution in [3.05, 3.63) is 0 Å². The fourth-order valence-electron chi connectivity index (χ4n) is 0.810. The Bertz CT molecular complexity index is 330. The van der Waals surface area contributed by atoms with Crippen molar-refractivity contribution >= 4 is 11.8 Å². The van der Waals surface area contributed by atoms with Crippen LogP contribution in [0.5, 0.6) is 0 Å². The van der Waals surface area contributed by atoms with E-state index in [1.165, 1.54) is 4.68 Å². The van der Waals surface area contributed by atoms with Crippen LogP contribution in [-0.2, 0) is 6.54 Å². The van der Waals surface area contributed by atoms with Gasteiger partial charge in [-0.25, -0.2) is 4.68 Å². The quantitative estimate of drug-likeness (QED) is 0.701. The molecule has 0 bridgehead atoms. The van der Waals surface area contributed by atoms with Gasteiger partial charge in [0.1, 0.15) is 0 Å². The van der Waals surface area contributed by atoms with E-state index in [1.807, 2.05) is 0 Å². The molecule has 10 heteroatoms. The lowest BCUT2D eigenvalue weighted by Gasteiger charge is -2.13. The van der Waals surface area contributed by atoms with Crippen molar-refractivity contribution in [3.63, 3.8) is 0 Å². The van der Waals surface area contributed by atoms with Crippen molar-refractivity contribution in [3.8, 4) is 0 Å². The van der Waals surface area contributed by atoms with Crippen LogP contribution < -0.4 is 5.73 Å². The first kappa shape index (κ1) is 13.2. The number of aliphatic hydroxyl groups is 1. The van der Waals surface area contributed by atoms with Crippen LogP contribution in [0.1, 0.15) is 0 Å². The lowest BCUT2D eigenvalue weighted by molar-refractivity contribution is -0.195. The van der Waals surface area contributed by atoms with Gasteiger partial charge in [0.2, 0.25) is 5.16 Å². The van der Waals surface area contributed by atoms with Gasteiger partial charge >= 0.3 is 6.18 Å². The molecule has 92 valence electrons. The summed E-state index contributed by atoms with van der Waals surface area (Å²) in [5.74, 6) is -0.547. The van der Waals surface area contributed by atoms with Gasteiger partial charge in [-0.2, -0.15) is 13.2 Å². The fraction of sp³-hybridized carbons (Fsp3) is 0.833. The third kappa shape index (κ3) is 3.61. The molecule has 0 spiro atoms. The molecule has 6 nitrogen and oxygen atoms in total. The lowest BCUT2D eigenvalue weighted by atomic mass is 10.4. The third-order valence-electron chi connectivity index (χ3n) is 1.59. The maximum Gasteiger partial charge on any atom is 0.415 e. The predicted molar refractivity (Wildman–Crippen MR) is 49.7 cm³/mol. The summed E-state index contributed by atoms with van der Waals surface area (Å²) in [6, 6.07) is 0. The van der Waals surface area contributed by atoms with Crippen molar-refractivity contribution in [2.75, 3.05) is 12.3 Å². The second-order valence-electron chi connectivity index (χ2n) is 2.84. The van der Waals surface area contributed by atoms with E-state index in [4.69, 9.17) is 10.8 Å².